The van der Waals surface area contributed by atoms with E-state index < -0.39 is 6.10 Å². The fraction of sp³-hybridized carbons (Fsp3) is 0.231. The molecule has 1 heterocycles. The molecule has 0 spiro atoms. The predicted molar refractivity (Wildman–Crippen MR) is 71.0 cm³/mol. The molecule has 2 rings (SSSR count). The quantitative estimate of drug-likeness (QED) is 0.916. The van der Waals surface area contributed by atoms with Gasteiger partial charge < -0.3 is 9.84 Å². The molecule has 4 heteroatoms. The van der Waals surface area contributed by atoms with Crippen molar-refractivity contribution in [2.24, 2.45) is 0 Å². The Kier molecular flexibility index (Phi) is 4.05. The molecule has 1 aromatic heterocycles. The monoisotopic (exact) mass is 268 g/mol. The number of aliphatic hydroxyl groups excluding tert-OH is 1. The van der Waals surface area contributed by atoms with Gasteiger partial charge in [-0.15, -0.1) is 11.3 Å². The van der Waals surface area contributed by atoms with Crippen molar-refractivity contribution in [1.82, 2.24) is 0 Å². The molecular weight excluding hydrogens is 256 g/mol. The molecule has 0 bridgehead atoms. The lowest BCUT2D eigenvalue weighted by Crippen LogP contribution is -2.00. The Bertz CT molecular complexity index is 478. The molecule has 1 unspecified atom stereocenters. The van der Waals surface area contributed by atoms with Crippen LogP contribution in [-0.2, 0) is 6.42 Å². The smallest absolute Gasteiger partial charge is 0.118 e. The zero-order valence-electron chi connectivity index (χ0n) is 9.39. The highest BCUT2D eigenvalue weighted by atomic mass is 35.5. The molecular formula is C13H13ClO2S. The minimum Gasteiger partial charge on any atom is -0.497 e. The summed E-state index contributed by atoms with van der Waals surface area (Å²) in [6.07, 6.45) is 0.0830. The fourth-order valence-corrected chi connectivity index (χ4v) is 2.72. The average Bonchev–Trinajstić information content (AvgIpc) is 2.75. The summed E-state index contributed by atoms with van der Waals surface area (Å²) >= 11 is 7.35. The molecule has 0 aliphatic heterocycles. The second-order valence-corrected chi connectivity index (χ2v) is 5.50. The van der Waals surface area contributed by atoms with E-state index in [2.05, 4.69) is 0 Å². The van der Waals surface area contributed by atoms with E-state index in [1.165, 1.54) is 11.3 Å². The normalized spacial score (nSPS) is 12.4. The van der Waals surface area contributed by atoms with Gasteiger partial charge >= 0.3 is 0 Å². The van der Waals surface area contributed by atoms with Crippen LogP contribution in [0, 0.1) is 0 Å². The van der Waals surface area contributed by atoms with E-state index in [1.807, 2.05) is 36.4 Å². The summed E-state index contributed by atoms with van der Waals surface area (Å²) in [4.78, 5) is 1.08. The van der Waals surface area contributed by atoms with Gasteiger partial charge in [-0.25, -0.2) is 0 Å². The first kappa shape index (κ1) is 12.4. The predicted octanol–water partition coefficient (Wildman–Crippen LogP) is 3.69. The van der Waals surface area contributed by atoms with E-state index >= 15 is 0 Å². The number of ether oxygens (including phenoxy) is 1. The highest BCUT2D eigenvalue weighted by Crippen LogP contribution is 2.27. The molecule has 2 aromatic rings. The van der Waals surface area contributed by atoms with Crippen molar-refractivity contribution >= 4 is 22.9 Å². The van der Waals surface area contributed by atoms with Crippen LogP contribution in [0.15, 0.2) is 36.4 Å². The summed E-state index contributed by atoms with van der Waals surface area (Å²) in [5.74, 6) is 0.792. The molecule has 0 radical (unpaired) electrons. The number of hydrogen-bond acceptors (Lipinski definition) is 3. The summed E-state index contributed by atoms with van der Waals surface area (Å²) in [6.45, 7) is 0. The Labute approximate surface area is 109 Å². The standard InChI is InChI=1S/C13H13ClO2S/c1-16-10-4-2-9(3-5-10)12(15)8-11-6-7-13(14)17-11/h2-7,12,15H,8H2,1H3. The van der Waals surface area contributed by atoms with Crippen LogP contribution in [0.1, 0.15) is 16.5 Å². The van der Waals surface area contributed by atoms with Crippen LogP contribution in [-0.4, -0.2) is 12.2 Å². The summed E-state index contributed by atoms with van der Waals surface area (Å²) in [7, 11) is 1.62. The lowest BCUT2D eigenvalue weighted by atomic mass is 10.1. The maximum absolute atomic E-state index is 10.1. The highest BCUT2D eigenvalue weighted by molar-refractivity contribution is 7.16. The first-order valence-electron chi connectivity index (χ1n) is 5.25. The van der Waals surface area contributed by atoms with E-state index in [0.717, 1.165) is 20.5 Å². The Morgan fingerprint density at radius 3 is 2.47 bits per heavy atom. The van der Waals surface area contributed by atoms with Gasteiger partial charge in [0.15, 0.2) is 0 Å². The zero-order valence-corrected chi connectivity index (χ0v) is 11.0. The first-order valence-corrected chi connectivity index (χ1v) is 6.44. The molecule has 2 nitrogen and oxygen atoms in total. The van der Waals surface area contributed by atoms with Crippen LogP contribution < -0.4 is 4.74 Å². The Balaban J connectivity index is 2.06. The number of benzene rings is 1. The largest absolute Gasteiger partial charge is 0.497 e. The van der Waals surface area contributed by atoms with E-state index in [1.54, 1.807) is 7.11 Å². The van der Waals surface area contributed by atoms with Gasteiger partial charge in [-0.1, -0.05) is 23.7 Å². The van der Waals surface area contributed by atoms with Gasteiger partial charge in [0.2, 0.25) is 0 Å². The molecule has 0 aliphatic rings. The van der Waals surface area contributed by atoms with Gasteiger partial charge in [-0.3, -0.25) is 0 Å². The van der Waals surface area contributed by atoms with Crippen molar-refractivity contribution < 1.29 is 9.84 Å². The summed E-state index contributed by atoms with van der Waals surface area (Å²) in [5.41, 5.74) is 0.885. The molecule has 0 saturated heterocycles. The maximum atomic E-state index is 10.1. The summed E-state index contributed by atoms with van der Waals surface area (Å²) < 4.78 is 5.83. The molecule has 90 valence electrons. The lowest BCUT2D eigenvalue weighted by Gasteiger charge is -2.10. The number of methoxy groups -OCH3 is 1. The van der Waals surface area contributed by atoms with Crippen LogP contribution in [0.5, 0.6) is 5.75 Å². The van der Waals surface area contributed by atoms with Crippen LogP contribution in [0.4, 0.5) is 0 Å². The third-order valence-corrected chi connectivity index (χ3v) is 3.78. The van der Waals surface area contributed by atoms with Gasteiger partial charge in [0.05, 0.1) is 17.6 Å². The fourth-order valence-electron chi connectivity index (χ4n) is 1.60. The molecule has 0 aliphatic carbocycles. The number of thiophene rings is 1. The first-order chi connectivity index (χ1) is 8.19. The number of rotatable bonds is 4. The summed E-state index contributed by atoms with van der Waals surface area (Å²) in [5, 5.41) is 10.1. The molecule has 0 saturated carbocycles. The van der Waals surface area contributed by atoms with Crippen LogP contribution in [0.25, 0.3) is 0 Å². The van der Waals surface area contributed by atoms with Crippen LogP contribution >= 0.6 is 22.9 Å². The van der Waals surface area contributed by atoms with Crippen LogP contribution in [0.3, 0.4) is 0 Å². The van der Waals surface area contributed by atoms with Gasteiger partial charge in [0.1, 0.15) is 5.75 Å². The highest BCUT2D eigenvalue weighted by Gasteiger charge is 2.10. The molecule has 1 aromatic carbocycles. The van der Waals surface area contributed by atoms with E-state index in [0.29, 0.717) is 6.42 Å². The van der Waals surface area contributed by atoms with Gasteiger partial charge in [0.25, 0.3) is 0 Å². The van der Waals surface area contributed by atoms with Crippen molar-refractivity contribution in [3.8, 4) is 5.75 Å². The van der Waals surface area contributed by atoms with Crippen molar-refractivity contribution in [2.45, 2.75) is 12.5 Å². The van der Waals surface area contributed by atoms with Crippen molar-refractivity contribution in [3.05, 3.63) is 51.2 Å². The SMILES string of the molecule is COc1ccc(C(O)Cc2ccc(Cl)s2)cc1. The lowest BCUT2D eigenvalue weighted by molar-refractivity contribution is 0.179. The average molecular weight is 269 g/mol. The molecule has 0 fully saturated rings. The van der Waals surface area contributed by atoms with Crippen molar-refractivity contribution in [1.29, 1.82) is 0 Å². The van der Waals surface area contributed by atoms with E-state index in [-0.39, 0.29) is 0 Å². The second-order valence-electron chi connectivity index (χ2n) is 3.70. The maximum Gasteiger partial charge on any atom is 0.118 e. The Morgan fingerprint density at radius 2 is 1.94 bits per heavy atom. The Hall–Kier alpha value is -1.03. The van der Waals surface area contributed by atoms with Crippen LogP contribution in [0.2, 0.25) is 4.34 Å². The third kappa shape index (κ3) is 3.22. The Morgan fingerprint density at radius 1 is 1.24 bits per heavy atom. The molecule has 0 amide bonds. The third-order valence-electron chi connectivity index (χ3n) is 2.52. The van der Waals surface area contributed by atoms with Crippen molar-refractivity contribution in [3.63, 3.8) is 0 Å². The van der Waals surface area contributed by atoms with Gasteiger partial charge in [0, 0.05) is 11.3 Å². The molecule has 1 N–H and O–H groups in total. The topological polar surface area (TPSA) is 29.5 Å². The molecule has 17 heavy (non-hydrogen) atoms. The number of aliphatic hydroxyl groups is 1. The second kappa shape index (κ2) is 5.54. The number of hydrogen-bond donors (Lipinski definition) is 1. The van der Waals surface area contributed by atoms with Crippen molar-refractivity contribution in [2.75, 3.05) is 7.11 Å². The van der Waals surface area contributed by atoms with E-state index in [9.17, 15) is 5.11 Å². The zero-order chi connectivity index (χ0) is 12.3. The van der Waals surface area contributed by atoms with Gasteiger partial charge in [-0.2, -0.15) is 0 Å². The molecule has 1 atom stereocenters. The minimum absolute atomic E-state index is 0.504. The minimum atomic E-state index is -0.504. The van der Waals surface area contributed by atoms with E-state index in [4.69, 9.17) is 16.3 Å². The van der Waals surface area contributed by atoms with Gasteiger partial charge in [-0.05, 0) is 29.8 Å². The number of halogens is 1. The summed E-state index contributed by atoms with van der Waals surface area (Å²) in [6, 6.07) is 11.2.